The molecule has 0 radical (unpaired) electrons. The Morgan fingerprint density at radius 2 is 1.85 bits per heavy atom. The highest BCUT2D eigenvalue weighted by atomic mass is 32.2. The predicted octanol–water partition coefficient (Wildman–Crippen LogP) is 2.95. The zero-order valence-corrected chi connectivity index (χ0v) is 20.3. The van der Waals surface area contributed by atoms with Crippen molar-refractivity contribution in [2.75, 3.05) is 39.3 Å². The van der Waals surface area contributed by atoms with Gasteiger partial charge in [0, 0.05) is 57.8 Å². The molecule has 1 amide bonds. The highest BCUT2D eigenvalue weighted by molar-refractivity contribution is 7.91. The monoisotopic (exact) mass is 498 g/mol. The lowest BCUT2D eigenvalue weighted by Gasteiger charge is -2.34. The molecule has 2 aromatic heterocycles. The van der Waals surface area contributed by atoms with Crippen molar-refractivity contribution < 1.29 is 17.7 Å². The average molecular weight is 499 g/mol. The van der Waals surface area contributed by atoms with E-state index >= 15 is 0 Å². The Hall–Kier alpha value is -2.79. The first-order valence-corrected chi connectivity index (χ1v) is 13.6. The summed E-state index contributed by atoms with van der Waals surface area (Å²) >= 11 is 1.19. The van der Waals surface area contributed by atoms with Gasteiger partial charge in [-0.1, -0.05) is 53.7 Å². The maximum Gasteiger partial charge on any atom is 0.276 e. The minimum Gasteiger partial charge on any atom is -0.360 e. The van der Waals surface area contributed by atoms with Gasteiger partial charge in [-0.25, -0.2) is 8.42 Å². The Bertz CT molecular complexity index is 1260. The lowest BCUT2D eigenvalue weighted by atomic mass is 10.1. The number of sulfonamides is 1. The van der Waals surface area contributed by atoms with Crippen LogP contribution in [0.15, 0.2) is 62.7 Å². The normalized spacial score (nSPS) is 17.8. The summed E-state index contributed by atoms with van der Waals surface area (Å²) in [5.41, 5.74) is 1.99. The fourth-order valence-corrected chi connectivity index (χ4v) is 6.83. The van der Waals surface area contributed by atoms with Crippen LogP contribution < -0.4 is 0 Å². The van der Waals surface area contributed by atoms with Crippen LogP contribution in [-0.2, 0) is 23.0 Å². The molecule has 8 nitrogen and oxygen atoms in total. The van der Waals surface area contributed by atoms with E-state index in [-0.39, 0.29) is 18.1 Å². The fourth-order valence-electron chi connectivity index (χ4n) is 4.28. The first-order chi connectivity index (χ1) is 16.5. The van der Waals surface area contributed by atoms with E-state index in [1.807, 2.05) is 18.2 Å². The van der Waals surface area contributed by atoms with Crippen molar-refractivity contribution >= 4 is 33.3 Å². The highest BCUT2D eigenvalue weighted by Crippen LogP contribution is 2.29. The van der Waals surface area contributed by atoms with E-state index in [0.29, 0.717) is 41.6 Å². The Balaban J connectivity index is 1.21. The van der Waals surface area contributed by atoms with Crippen LogP contribution in [0.25, 0.3) is 6.08 Å². The number of nitrogens with zero attached hydrogens (tertiary/aromatic N) is 4. The summed E-state index contributed by atoms with van der Waals surface area (Å²) in [6.07, 6.45) is 4.65. The largest absolute Gasteiger partial charge is 0.360 e. The number of piperazine rings is 1. The van der Waals surface area contributed by atoms with Crippen LogP contribution in [0.1, 0.15) is 27.4 Å². The molecule has 2 aliphatic rings. The van der Waals surface area contributed by atoms with Gasteiger partial charge < -0.3 is 9.42 Å². The summed E-state index contributed by atoms with van der Waals surface area (Å²) in [4.78, 5) is 17.3. The van der Waals surface area contributed by atoms with E-state index in [1.165, 1.54) is 21.2 Å². The van der Waals surface area contributed by atoms with Gasteiger partial charge in [-0.15, -0.1) is 11.3 Å². The molecule has 1 saturated heterocycles. The maximum atomic E-state index is 13.2. The molecule has 0 bridgehead atoms. The third-order valence-corrected chi connectivity index (χ3v) is 9.44. The lowest BCUT2D eigenvalue weighted by molar-refractivity contribution is 0.0638. The summed E-state index contributed by atoms with van der Waals surface area (Å²) < 4.78 is 33.1. The molecule has 34 heavy (non-hydrogen) atoms. The van der Waals surface area contributed by atoms with Crippen LogP contribution in [0.3, 0.4) is 0 Å². The van der Waals surface area contributed by atoms with Crippen molar-refractivity contribution in [3.05, 3.63) is 76.5 Å². The summed E-state index contributed by atoms with van der Waals surface area (Å²) in [5, 5.41) is 5.79. The molecule has 0 unspecified atom stereocenters. The van der Waals surface area contributed by atoms with Gasteiger partial charge in [0.15, 0.2) is 5.69 Å². The van der Waals surface area contributed by atoms with Crippen molar-refractivity contribution in [1.82, 2.24) is 19.3 Å². The molecular weight excluding hydrogens is 472 g/mol. The van der Waals surface area contributed by atoms with Gasteiger partial charge in [0.05, 0.1) is 0 Å². The fraction of sp³-hybridized carbons (Fsp3) is 0.333. The molecule has 0 saturated carbocycles. The zero-order chi connectivity index (χ0) is 23.5. The molecule has 10 heteroatoms. The Morgan fingerprint density at radius 3 is 2.59 bits per heavy atom. The first kappa shape index (κ1) is 23.0. The van der Waals surface area contributed by atoms with Gasteiger partial charge in [0.25, 0.3) is 15.9 Å². The molecule has 5 rings (SSSR count). The molecule has 3 aromatic rings. The van der Waals surface area contributed by atoms with Crippen LogP contribution in [0.4, 0.5) is 0 Å². The number of amides is 1. The van der Waals surface area contributed by atoms with Crippen LogP contribution >= 0.6 is 11.3 Å². The second-order valence-corrected chi connectivity index (χ2v) is 11.5. The maximum absolute atomic E-state index is 13.2. The van der Waals surface area contributed by atoms with E-state index in [1.54, 1.807) is 22.4 Å². The standard InChI is InChI=1S/C24H26N4O4S2/c29-24(27-15-13-26(14-16-27)11-4-8-19-6-2-1-3-7-19)23-20-18-28(12-10-21(20)32-25-23)34(30,31)22-9-5-17-33-22/h1-9,17H,10-16,18H2/b8-4+. The van der Waals surface area contributed by atoms with Crippen LogP contribution in [0.2, 0.25) is 0 Å². The quantitative estimate of drug-likeness (QED) is 0.519. The van der Waals surface area contributed by atoms with Crippen molar-refractivity contribution in [1.29, 1.82) is 0 Å². The van der Waals surface area contributed by atoms with Gasteiger partial charge in [0.2, 0.25) is 0 Å². The second kappa shape index (κ2) is 9.83. The number of hydrogen-bond acceptors (Lipinski definition) is 7. The average Bonchev–Trinajstić information content (AvgIpc) is 3.55. The molecule has 0 spiro atoms. The van der Waals surface area contributed by atoms with Gasteiger partial charge in [-0.2, -0.15) is 4.31 Å². The van der Waals surface area contributed by atoms with Gasteiger partial charge in [-0.05, 0) is 17.0 Å². The number of fused-ring (bicyclic) bond motifs is 1. The molecular formula is C24H26N4O4S2. The van der Waals surface area contributed by atoms with Crippen molar-refractivity contribution in [3.63, 3.8) is 0 Å². The number of thiophene rings is 1. The molecule has 0 N–H and O–H groups in total. The van der Waals surface area contributed by atoms with E-state index in [2.05, 4.69) is 34.3 Å². The Kier molecular flexibility index (Phi) is 6.64. The summed E-state index contributed by atoms with van der Waals surface area (Å²) in [7, 11) is -3.60. The summed E-state index contributed by atoms with van der Waals surface area (Å²) in [5.74, 6) is 0.408. The van der Waals surface area contributed by atoms with Gasteiger partial charge >= 0.3 is 0 Å². The van der Waals surface area contributed by atoms with E-state index in [0.717, 1.165) is 19.6 Å². The van der Waals surface area contributed by atoms with Crippen LogP contribution in [-0.4, -0.2) is 72.9 Å². The van der Waals surface area contributed by atoms with Crippen molar-refractivity contribution in [3.8, 4) is 0 Å². The number of benzene rings is 1. The smallest absolute Gasteiger partial charge is 0.276 e. The number of carbonyl (C=O) groups excluding carboxylic acids is 1. The number of carbonyl (C=O) groups is 1. The molecule has 0 aliphatic carbocycles. The number of rotatable bonds is 6. The number of hydrogen-bond donors (Lipinski definition) is 0. The Labute approximate surface area is 203 Å². The third kappa shape index (κ3) is 4.72. The van der Waals surface area contributed by atoms with Crippen LogP contribution in [0.5, 0.6) is 0 Å². The van der Waals surface area contributed by atoms with E-state index in [9.17, 15) is 13.2 Å². The number of aromatic nitrogens is 1. The van der Waals surface area contributed by atoms with Gasteiger partial charge in [0.1, 0.15) is 9.97 Å². The highest BCUT2D eigenvalue weighted by Gasteiger charge is 2.35. The van der Waals surface area contributed by atoms with Crippen molar-refractivity contribution in [2.45, 2.75) is 17.2 Å². The van der Waals surface area contributed by atoms with E-state index in [4.69, 9.17) is 4.52 Å². The minimum atomic E-state index is -3.60. The van der Waals surface area contributed by atoms with Crippen LogP contribution in [0, 0.1) is 0 Å². The third-order valence-electron chi connectivity index (χ3n) is 6.22. The topological polar surface area (TPSA) is 87.0 Å². The van der Waals surface area contributed by atoms with E-state index < -0.39 is 10.0 Å². The minimum absolute atomic E-state index is 0.102. The Morgan fingerprint density at radius 1 is 1.06 bits per heavy atom. The predicted molar refractivity (Wildman–Crippen MR) is 130 cm³/mol. The van der Waals surface area contributed by atoms with Gasteiger partial charge in [-0.3, -0.25) is 9.69 Å². The summed E-state index contributed by atoms with van der Waals surface area (Å²) in [6, 6.07) is 13.5. The summed E-state index contributed by atoms with van der Waals surface area (Å²) in [6.45, 7) is 3.96. The molecule has 4 heterocycles. The molecule has 0 atom stereocenters. The first-order valence-electron chi connectivity index (χ1n) is 11.3. The molecule has 178 valence electrons. The molecule has 1 aromatic carbocycles. The second-order valence-electron chi connectivity index (χ2n) is 8.36. The zero-order valence-electron chi connectivity index (χ0n) is 18.7. The molecule has 1 fully saturated rings. The van der Waals surface area contributed by atoms with Crippen molar-refractivity contribution in [2.24, 2.45) is 0 Å². The molecule has 2 aliphatic heterocycles. The lowest BCUT2D eigenvalue weighted by Crippen LogP contribution is -2.49. The SMILES string of the molecule is O=C(c1noc2c1CN(S(=O)(=O)c1cccs1)CC2)N1CCN(C/C=C/c2ccccc2)CC1.